The van der Waals surface area contributed by atoms with Crippen LogP contribution >= 0.6 is 12.4 Å². The van der Waals surface area contributed by atoms with Gasteiger partial charge >= 0.3 is 0 Å². The van der Waals surface area contributed by atoms with Gasteiger partial charge in [-0.25, -0.2) is 0 Å². The second-order valence-electron chi connectivity index (χ2n) is 7.39. The molecule has 0 amide bonds. The molecular formula is C21H36ClN3O. The molecule has 1 saturated heterocycles. The summed E-state index contributed by atoms with van der Waals surface area (Å²) in [6, 6.07) is 12.6. The number of morpholine rings is 1. The average Bonchev–Trinajstić information content (AvgIpc) is 3.15. The maximum absolute atomic E-state index is 5.71. The van der Waals surface area contributed by atoms with E-state index in [9.17, 15) is 0 Å². The summed E-state index contributed by atoms with van der Waals surface area (Å²) in [4.78, 5) is 2.56. The largest absolute Gasteiger partial charge is 0.379 e. The number of halogens is 1. The van der Waals surface area contributed by atoms with E-state index in [1.54, 1.807) is 0 Å². The molecule has 0 bridgehead atoms. The quantitative estimate of drug-likeness (QED) is 0.724. The first-order valence-corrected chi connectivity index (χ1v) is 10.2. The van der Waals surface area contributed by atoms with Gasteiger partial charge in [-0.2, -0.15) is 0 Å². The van der Waals surface area contributed by atoms with Gasteiger partial charge in [-0.05, 0) is 37.4 Å². The highest BCUT2D eigenvalue weighted by Gasteiger charge is 2.35. The normalized spacial score (nSPS) is 27.3. The van der Waals surface area contributed by atoms with Crippen molar-refractivity contribution < 1.29 is 4.74 Å². The summed E-state index contributed by atoms with van der Waals surface area (Å²) in [5, 5.41) is 7.62. The summed E-state index contributed by atoms with van der Waals surface area (Å²) >= 11 is 0. The number of ether oxygens (including phenoxy) is 1. The Kier molecular flexibility index (Phi) is 9.37. The Morgan fingerprint density at radius 2 is 1.96 bits per heavy atom. The van der Waals surface area contributed by atoms with Crippen molar-refractivity contribution in [1.82, 2.24) is 15.5 Å². The molecule has 3 rings (SSSR count). The third-order valence-corrected chi connectivity index (χ3v) is 6.05. The minimum atomic E-state index is 0. The molecule has 148 valence electrons. The average molecular weight is 382 g/mol. The fraction of sp³-hybridized carbons (Fsp3) is 0.714. The van der Waals surface area contributed by atoms with Crippen molar-refractivity contribution in [3.8, 4) is 0 Å². The van der Waals surface area contributed by atoms with Crippen LogP contribution in [0.5, 0.6) is 0 Å². The summed E-state index contributed by atoms with van der Waals surface area (Å²) in [5.74, 6) is 0.702. The molecular weight excluding hydrogens is 346 g/mol. The first-order chi connectivity index (χ1) is 12.3. The number of rotatable bonds is 8. The zero-order chi connectivity index (χ0) is 17.5. The molecule has 4 atom stereocenters. The minimum Gasteiger partial charge on any atom is -0.379 e. The lowest BCUT2D eigenvalue weighted by Crippen LogP contribution is -2.51. The lowest BCUT2D eigenvalue weighted by atomic mass is 9.93. The molecule has 1 heterocycles. The van der Waals surface area contributed by atoms with Crippen molar-refractivity contribution in [3.63, 3.8) is 0 Å². The van der Waals surface area contributed by atoms with Crippen molar-refractivity contribution in [3.05, 3.63) is 35.9 Å². The van der Waals surface area contributed by atoms with Crippen LogP contribution in [0.3, 0.4) is 0 Å². The molecule has 1 aromatic rings. The van der Waals surface area contributed by atoms with E-state index < -0.39 is 0 Å². The molecule has 4 unspecified atom stereocenters. The van der Waals surface area contributed by atoms with E-state index in [4.69, 9.17) is 4.74 Å². The van der Waals surface area contributed by atoms with E-state index in [-0.39, 0.29) is 12.4 Å². The Morgan fingerprint density at radius 1 is 1.19 bits per heavy atom. The van der Waals surface area contributed by atoms with E-state index >= 15 is 0 Å². The van der Waals surface area contributed by atoms with Crippen LogP contribution in [0.2, 0.25) is 0 Å². The molecule has 2 aliphatic rings. The van der Waals surface area contributed by atoms with Crippen molar-refractivity contribution >= 4 is 12.4 Å². The Hall–Kier alpha value is -0.650. The van der Waals surface area contributed by atoms with Gasteiger partial charge < -0.3 is 15.4 Å². The van der Waals surface area contributed by atoms with Gasteiger partial charge in [0.1, 0.15) is 0 Å². The Morgan fingerprint density at radius 3 is 2.62 bits per heavy atom. The number of hydrogen-bond donors (Lipinski definition) is 2. The standard InChI is InChI=1S/C21H35N3O.ClH/c1-3-24(4-2)21(17-9-6-5-7-10-17)15-23-19-12-8-11-18(19)20-16-25-14-13-22-20;/h5-7,9-10,18-23H,3-4,8,11-16H2,1-2H3;1H. The zero-order valence-corrected chi connectivity index (χ0v) is 17.1. The number of nitrogens with one attached hydrogen (secondary N) is 2. The van der Waals surface area contributed by atoms with Crippen molar-refractivity contribution in [2.75, 3.05) is 39.4 Å². The molecule has 2 N–H and O–H groups in total. The van der Waals surface area contributed by atoms with Gasteiger partial charge in [0, 0.05) is 31.2 Å². The smallest absolute Gasteiger partial charge is 0.0623 e. The fourth-order valence-corrected chi connectivity index (χ4v) is 4.64. The molecule has 1 aliphatic heterocycles. The Bertz CT molecular complexity index is 491. The van der Waals surface area contributed by atoms with Gasteiger partial charge in [-0.1, -0.05) is 50.6 Å². The van der Waals surface area contributed by atoms with E-state index in [0.717, 1.165) is 39.4 Å². The van der Waals surface area contributed by atoms with Crippen molar-refractivity contribution in [2.24, 2.45) is 5.92 Å². The minimum absolute atomic E-state index is 0. The summed E-state index contributed by atoms with van der Waals surface area (Å²) in [7, 11) is 0. The molecule has 1 aromatic carbocycles. The maximum atomic E-state index is 5.71. The molecule has 4 nitrogen and oxygen atoms in total. The highest BCUT2D eigenvalue weighted by Crippen LogP contribution is 2.30. The molecule has 1 saturated carbocycles. The zero-order valence-electron chi connectivity index (χ0n) is 16.3. The van der Waals surface area contributed by atoms with Crippen LogP contribution in [0.1, 0.15) is 44.7 Å². The third-order valence-electron chi connectivity index (χ3n) is 6.05. The summed E-state index contributed by atoms with van der Waals surface area (Å²) in [6.07, 6.45) is 3.95. The summed E-state index contributed by atoms with van der Waals surface area (Å²) in [5.41, 5.74) is 1.42. The monoisotopic (exact) mass is 381 g/mol. The molecule has 0 spiro atoms. The lowest BCUT2D eigenvalue weighted by molar-refractivity contribution is 0.0518. The second-order valence-corrected chi connectivity index (χ2v) is 7.39. The van der Waals surface area contributed by atoms with Crippen molar-refractivity contribution in [1.29, 1.82) is 0 Å². The summed E-state index contributed by atoms with van der Waals surface area (Å²) < 4.78 is 5.71. The Balaban J connectivity index is 0.00000243. The highest BCUT2D eigenvalue weighted by molar-refractivity contribution is 5.85. The topological polar surface area (TPSA) is 36.5 Å². The van der Waals surface area contributed by atoms with Crippen LogP contribution in [-0.2, 0) is 4.74 Å². The van der Waals surface area contributed by atoms with Crippen LogP contribution in [0.4, 0.5) is 0 Å². The van der Waals surface area contributed by atoms with E-state index in [1.165, 1.54) is 24.8 Å². The molecule has 26 heavy (non-hydrogen) atoms. The van der Waals surface area contributed by atoms with Crippen LogP contribution < -0.4 is 10.6 Å². The van der Waals surface area contributed by atoms with Gasteiger partial charge in [0.15, 0.2) is 0 Å². The van der Waals surface area contributed by atoms with Crippen molar-refractivity contribution in [2.45, 2.75) is 51.2 Å². The van der Waals surface area contributed by atoms with Crippen LogP contribution in [0, 0.1) is 5.92 Å². The van der Waals surface area contributed by atoms with Gasteiger partial charge in [0.25, 0.3) is 0 Å². The second kappa shape index (κ2) is 11.3. The van der Waals surface area contributed by atoms with Gasteiger partial charge in [0.2, 0.25) is 0 Å². The maximum Gasteiger partial charge on any atom is 0.0623 e. The number of benzene rings is 1. The summed E-state index contributed by atoms with van der Waals surface area (Å²) in [6.45, 7) is 10.5. The third kappa shape index (κ3) is 5.43. The molecule has 1 aliphatic carbocycles. The predicted octanol–water partition coefficient (Wildman–Crippen LogP) is 3.24. The molecule has 0 aromatic heterocycles. The SMILES string of the molecule is CCN(CC)C(CNC1CCCC1C1COCCN1)c1ccccc1.Cl. The highest BCUT2D eigenvalue weighted by atomic mass is 35.5. The van der Waals surface area contributed by atoms with Gasteiger partial charge in [-0.15, -0.1) is 12.4 Å². The molecule has 5 heteroatoms. The number of likely N-dealkylation sites (N-methyl/N-ethyl adjacent to an activating group) is 1. The van der Waals surface area contributed by atoms with Crippen LogP contribution in [0.25, 0.3) is 0 Å². The van der Waals surface area contributed by atoms with Crippen LogP contribution in [-0.4, -0.2) is 56.4 Å². The van der Waals surface area contributed by atoms with E-state index in [2.05, 4.69) is 59.7 Å². The van der Waals surface area contributed by atoms with Crippen LogP contribution in [0.15, 0.2) is 30.3 Å². The number of hydrogen-bond acceptors (Lipinski definition) is 4. The Labute approximate surface area is 165 Å². The van der Waals surface area contributed by atoms with E-state index in [0.29, 0.717) is 24.0 Å². The first kappa shape index (κ1) is 21.6. The number of nitrogens with zero attached hydrogens (tertiary/aromatic N) is 1. The predicted molar refractivity (Wildman–Crippen MR) is 111 cm³/mol. The van der Waals surface area contributed by atoms with E-state index in [1.807, 2.05) is 0 Å². The molecule has 0 radical (unpaired) electrons. The fourth-order valence-electron chi connectivity index (χ4n) is 4.64. The van der Waals surface area contributed by atoms with Gasteiger partial charge in [-0.3, -0.25) is 4.90 Å². The first-order valence-electron chi connectivity index (χ1n) is 10.2. The molecule has 2 fully saturated rings. The lowest BCUT2D eigenvalue weighted by Gasteiger charge is -2.35. The van der Waals surface area contributed by atoms with Gasteiger partial charge in [0.05, 0.1) is 13.2 Å².